The van der Waals surface area contributed by atoms with Crippen molar-refractivity contribution in [2.75, 3.05) is 33.4 Å². The number of aliphatic hydroxyl groups is 1. The van der Waals surface area contributed by atoms with Gasteiger partial charge in [0.25, 0.3) is 11.7 Å². The average Bonchev–Trinajstić information content (AvgIpc) is 3.69. The van der Waals surface area contributed by atoms with Gasteiger partial charge in [0, 0.05) is 30.7 Å². The van der Waals surface area contributed by atoms with Crippen LogP contribution < -0.4 is 10.1 Å². The molecule has 4 saturated heterocycles. The number of hydrogen-bond donors (Lipinski definition) is 2. The quantitative estimate of drug-likeness (QED) is 0.0435. The number of esters is 2. The maximum Gasteiger partial charge on any atom is 0.366 e. The summed E-state index contributed by atoms with van der Waals surface area (Å²) in [5.74, 6) is -4.66. The van der Waals surface area contributed by atoms with E-state index in [-0.39, 0.29) is 49.0 Å². The number of quaternary nitrogens is 1. The first-order valence-electron chi connectivity index (χ1n) is 24.2. The predicted molar refractivity (Wildman–Crippen MR) is 248 cm³/mol. The molecule has 4 aliphatic heterocycles. The number of amides is 2. The van der Waals surface area contributed by atoms with E-state index in [0.29, 0.717) is 54.1 Å². The lowest BCUT2D eigenvalue weighted by Gasteiger charge is -2.46. The van der Waals surface area contributed by atoms with E-state index >= 15 is 4.79 Å². The fourth-order valence-electron chi connectivity index (χ4n) is 11.5. The zero-order chi connectivity index (χ0) is 48.6. The summed E-state index contributed by atoms with van der Waals surface area (Å²) < 4.78 is 44.8. The van der Waals surface area contributed by atoms with Crippen LogP contribution in [0.3, 0.4) is 0 Å². The van der Waals surface area contributed by atoms with Crippen LogP contribution in [0.2, 0.25) is 0 Å². The SMILES string of the molecule is COC(=O)[C@@]1(OCCCCOCc2ccccc2)CC(O)[C@@H]2C(O1)[C@@H]1OC(C)(C)O[C@H](CNC(=O)c3cc(C)c(OC(=O)c4ccccc4)c(C)c3)C13C[N+]23C(=O)Cn1cc(C2CCCCC2)nn1. The Kier molecular flexibility index (Phi) is 13.9. The first-order chi connectivity index (χ1) is 33.2. The number of unbranched alkanes of at least 4 members (excludes halogenated alkanes) is 1. The number of nitrogens with zero attached hydrogens (tertiary/aromatic N) is 4. The molecule has 1 spiro atoms. The summed E-state index contributed by atoms with van der Waals surface area (Å²) in [5.41, 5.74) is 2.66. The van der Waals surface area contributed by atoms with Gasteiger partial charge in [-0.2, -0.15) is 0 Å². The van der Waals surface area contributed by atoms with Gasteiger partial charge in [-0.05, 0) is 94.3 Å². The van der Waals surface area contributed by atoms with Gasteiger partial charge >= 0.3 is 17.8 Å². The summed E-state index contributed by atoms with van der Waals surface area (Å²) in [6, 6.07) is 20.9. The highest BCUT2D eigenvalue weighted by molar-refractivity contribution is 5.95. The van der Waals surface area contributed by atoms with E-state index in [4.69, 9.17) is 33.2 Å². The molecule has 9 rings (SSSR count). The van der Waals surface area contributed by atoms with Crippen molar-refractivity contribution in [2.45, 2.75) is 146 Å². The van der Waals surface area contributed by atoms with Crippen LogP contribution in [0.25, 0.3) is 0 Å². The van der Waals surface area contributed by atoms with Gasteiger partial charge in [-0.3, -0.25) is 4.79 Å². The Labute approximate surface area is 402 Å². The van der Waals surface area contributed by atoms with Gasteiger partial charge in [0.1, 0.15) is 30.6 Å². The zero-order valence-corrected chi connectivity index (χ0v) is 40.1. The molecule has 5 fully saturated rings. The van der Waals surface area contributed by atoms with Gasteiger partial charge < -0.3 is 43.6 Å². The topological polar surface area (TPSA) is 196 Å². The van der Waals surface area contributed by atoms with Crippen molar-refractivity contribution in [1.29, 1.82) is 0 Å². The van der Waals surface area contributed by atoms with Crippen molar-refractivity contribution in [2.24, 2.45) is 0 Å². The largest absolute Gasteiger partial charge is 0.465 e. The monoisotopic (exact) mass is 950 g/mol. The second-order valence-corrected chi connectivity index (χ2v) is 19.7. The van der Waals surface area contributed by atoms with Gasteiger partial charge in [-0.1, -0.05) is 73.0 Å². The number of benzene rings is 3. The second-order valence-electron chi connectivity index (χ2n) is 19.7. The number of ether oxygens (including phenoxy) is 7. The molecule has 0 bridgehead atoms. The van der Waals surface area contributed by atoms with Gasteiger partial charge in [0.2, 0.25) is 5.54 Å². The lowest BCUT2D eigenvalue weighted by atomic mass is 9.86. The van der Waals surface area contributed by atoms with Crippen LogP contribution in [-0.2, 0) is 51.2 Å². The molecule has 8 atom stereocenters. The first kappa shape index (κ1) is 48.6. The fraction of sp³-hybridized carbons (Fsp3) is 0.538. The summed E-state index contributed by atoms with van der Waals surface area (Å²) in [4.78, 5) is 56.1. The van der Waals surface area contributed by atoms with Gasteiger partial charge in [0.15, 0.2) is 24.5 Å². The van der Waals surface area contributed by atoms with Crippen LogP contribution in [0, 0.1) is 13.8 Å². The number of fused-ring (bicyclic) bond motifs is 3. The van der Waals surface area contributed by atoms with Crippen LogP contribution in [0.5, 0.6) is 5.75 Å². The smallest absolute Gasteiger partial charge is 0.366 e. The number of piperidine rings is 1. The summed E-state index contributed by atoms with van der Waals surface area (Å²) in [6.45, 7) is 8.06. The van der Waals surface area contributed by atoms with E-state index < -0.39 is 65.4 Å². The molecule has 1 aliphatic carbocycles. The summed E-state index contributed by atoms with van der Waals surface area (Å²) >= 11 is 0. The highest BCUT2D eigenvalue weighted by atomic mass is 16.8. The van der Waals surface area contributed by atoms with Crippen LogP contribution in [-0.4, -0.2) is 129 Å². The third kappa shape index (κ3) is 9.37. The number of carbonyl (C=O) groups is 4. The predicted octanol–water partition coefficient (Wildman–Crippen LogP) is 5.62. The Morgan fingerprint density at radius 1 is 0.899 bits per heavy atom. The molecule has 17 nitrogen and oxygen atoms in total. The van der Waals surface area contributed by atoms with Crippen molar-refractivity contribution in [3.8, 4) is 5.75 Å². The first-order valence-corrected chi connectivity index (χ1v) is 24.2. The molecule has 2 amide bonds. The lowest BCUT2D eigenvalue weighted by Crippen LogP contribution is -2.66. The lowest BCUT2D eigenvalue weighted by molar-refractivity contribution is -0.784. The second kappa shape index (κ2) is 19.8. The highest BCUT2D eigenvalue weighted by Gasteiger charge is 2.94. The zero-order valence-electron chi connectivity index (χ0n) is 40.1. The van der Waals surface area contributed by atoms with E-state index in [0.717, 1.165) is 36.9 Å². The molecule has 17 heteroatoms. The molecular formula is C52H64N5O12+. The maximum absolute atomic E-state index is 15.2. The molecule has 2 N–H and O–H groups in total. The molecule has 1 saturated carbocycles. The Balaban J connectivity index is 0.970. The molecule has 4 aromatic rings. The van der Waals surface area contributed by atoms with Gasteiger partial charge in [-0.25, -0.2) is 23.5 Å². The number of hydrogen-bond acceptors (Lipinski definition) is 14. The van der Waals surface area contributed by atoms with Crippen molar-refractivity contribution in [3.05, 3.63) is 113 Å². The number of aromatic nitrogens is 3. The molecule has 5 aliphatic rings. The third-order valence-corrected chi connectivity index (χ3v) is 14.7. The summed E-state index contributed by atoms with van der Waals surface area (Å²) in [5, 5.41) is 24.4. The van der Waals surface area contributed by atoms with E-state index in [9.17, 15) is 19.5 Å². The fourth-order valence-corrected chi connectivity index (χ4v) is 11.5. The van der Waals surface area contributed by atoms with Gasteiger partial charge in [-0.15, -0.1) is 5.10 Å². The normalized spacial score (nSPS) is 29.0. The number of rotatable bonds is 17. The van der Waals surface area contributed by atoms with E-state index in [1.54, 1.807) is 68.8 Å². The van der Waals surface area contributed by atoms with Crippen LogP contribution in [0.4, 0.5) is 0 Å². The van der Waals surface area contributed by atoms with Crippen molar-refractivity contribution < 1.29 is 61.9 Å². The number of aliphatic hydroxyl groups excluding tert-OH is 1. The molecule has 368 valence electrons. The minimum absolute atomic E-state index is 0.0477. The molecular weight excluding hydrogens is 887 g/mol. The van der Waals surface area contributed by atoms with Gasteiger partial charge in [0.05, 0.1) is 38.1 Å². The Bertz CT molecular complexity index is 2490. The summed E-state index contributed by atoms with van der Waals surface area (Å²) in [6.07, 6.45) is 4.03. The van der Waals surface area contributed by atoms with E-state index in [1.165, 1.54) is 13.5 Å². The third-order valence-electron chi connectivity index (χ3n) is 14.7. The molecule has 5 heterocycles. The minimum atomic E-state index is -2.01. The van der Waals surface area contributed by atoms with Crippen molar-refractivity contribution >= 4 is 23.8 Å². The van der Waals surface area contributed by atoms with Crippen LogP contribution in [0.15, 0.2) is 79.0 Å². The number of methoxy groups -OCH3 is 1. The van der Waals surface area contributed by atoms with E-state index in [1.807, 2.05) is 42.6 Å². The molecule has 1 aromatic heterocycles. The Morgan fingerprint density at radius 2 is 1.59 bits per heavy atom. The Morgan fingerprint density at radius 3 is 2.30 bits per heavy atom. The average molecular weight is 951 g/mol. The molecule has 0 radical (unpaired) electrons. The summed E-state index contributed by atoms with van der Waals surface area (Å²) in [7, 11) is 1.24. The standard InChI is InChI=1S/C52H63N5O12/c1-33-25-38(26-34(2)44(33)66-48(61)37-21-13-8-14-22-37)47(60)53-28-41-51-32-57(51,42(59)30-56-29-39(54-55-56)36-19-11-7-12-20-36)43-40(58)27-52(49(62)63-5,68-45(43)46(51)69-50(3,4)67-41)65-24-16-15-23-64-31-35-17-9-6-10-18-35/h6,8-10,13-14,17-18,21-22,25-26,29,36,40-41,43,45-46,58H,7,11-12,15-16,19-20,23-24,27-28,30-32H2,1-5H3/p+1/t40?,41-,43-,45?,46+,51?,52-,57?/m1/s1. The minimum Gasteiger partial charge on any atom is -0.465 e. The molecule has 3 aromatic carbocycles. The van der Waals surface area contributed by atoms with E-state index in [2.05, 4.69) is 15.6 Å². The van der Waals surface area contributed by atoms with Crippen LogP contribution >= 0.6 is 0 Å². The maximum atomic E-state index is 15.2. The van der Waals surface area contributed by atoms with Crippen molar-refractivity contribution in [3.63, 3.8) is 0 Å². The highest BCUT2D eigenvalue weighted by Crippen LogP contribution is 2.65. The van der Waals surface area contributed by atoms with Crippen molar-refractivity contribution in [1.82, 2.24) is 20.3 Å². The number of carbonyl (C=O) groups excluding carboxylic acids is 4. The molecule has 4 unspecified atom stereocenters. The number of nitrogens with one attached hydrogen (secondary N) is 1. The molecule has 69 heavy (non-hydrogen) atoms. The Hall–Kier alpha value is -5.40. The number of aryl methyl sites for hydroxylation is 2. The van der Waals surface area contributed by atoms with Crippen LogP contribution in [0.1, 0.15) is 114 Å².